The molecule has 0 aliphatic carbocycles. The number of anilines is 3. The monoisotopic (exact) mass is 393 g/mol. The fourth-order valence-electron chi connectivity index (χ4n) is 2.76. The average molecular weight is 393 g/mol. The molecule has 0 spiro atoms. The zero-order valence-electron chi connectivity index (χ0n) is 15.6. The molecule has 0 fully saturated rings. The van der Waals surface area contributed by atoms with Crippen LogP contribution in [0.25, 0.3) is 5.65 Å². The van der Waals surface area contributed by atoms with E-state index in [0.29, 0.717) is 11.8 Å². The second kappa shape index (κ2) is 7.35. The molecule has 0 saturated carbocycles. The third-order valence-corrected chi connectivity index (χ3v) is 4.82. The van der Waals surface area contributed by atoms with Crippen LogP contribution in [0, 0.1) is 13.8 Å². The second-order valence-corrected chi connectivity index (χ2v) is 7.49. The van der Waals surface area contributed by atoms with E-state index in [-0.39, 0.29) is 5.91 Å². The smallest absolute Gasteiger partial charge is 0.221 e. The number of nitrogens with one attached hydrogen (secondary N) is 3. The van der Waals surface area contributed by atoms with Crippen molar-refractivity contribution in [2.45, 2.75) is 30.7 Å². The number of imidazole rings is 1. The largest absolute Gasteiger partial charge is 0.326 e. The van der Waals surface area contributed by atoms with Crippen LogP contribution in [0.4, 0.5) is 17.5 Å². The van der Waals surface area contributed by atoms with Crippen molar-refractivity contribution in [1.82, 2.24) is 24.6 Å². The number of carbonyl (C=O) groups excluding carboxylic acids is 1. The zero-order valence-corrected chi connectivity index (χ0v) is 16.5. The van der Waals surface area contributed by atoms with Crippen LogP contribution in [-0.4, -0.2) is 30.5 Å². The Kier molecular flexibility index (Phi) is 4.74. The van der Waals surface area contributed by atoms with Gasteiger partial charge in [0.05, 0.1) is 5.69 Å². The molecule has 0 aliphatic rings. The van der Waals surface area contributed by atoms with Gasteiger partial charge in [-0.2, -0.15) is 5.10 Å². The van der Waals surface area contributed by atoms with Gasteiger partial charge in [-0.05, 0) is 38.1 Å². The highest BCUT2D eigenvalue weighted by Crippen LogP contribution is 2.30. The van der Waals surface area contributed by atoms with Crippen LogP contribution in [0.5, 0.6) is 0 Å². The number of hydrogen-bond acceptors (Lipinski definition) is 6. The summed E-state index contributed by atoms with van der Waals surface area (Å²) in [6, 6.07) is 11.5. The number of fused-ring (bicyclic) bond motifs is 1. The van der Waals surface area contributed by atoms with E-state index in [4.69, 9.17) is 4.98 Å². The maximum absolute atomic E-state index is 11.2. The molecule has 4 rings (SSSR count). The van der Waals surface area contributed by atoms with Gasteiger partial charge in [0, 0.05) is 41.5 Å². The molecule has 3 heterocycles. The Bertz CT molecular complexity index is 1150. The van der Waals surface area contributed by atoms with E-state index in [0.717, 1.165) is 32.6 Å². The molecule has 1 amide bonds. The number of nitrogens with zero attached hydrogens (tertiary/aromatic N) is 4. The van der Waals surface area contributed by atoms with Crippen molar-refractivity contribution in [3.63, 3.8) is 0 Å². The molecular formula is C19H19N7OS. The summed E-state index contributed by atoms with van der Waals surface area (Å²) in [5.74, 6) is 1.24. The Labute approximate surface area is 165 Å². The third-order valence-electron chi connectivity index (χ3n) is 3.89. The van der Waals surface area contributed by atoms with E-state index < -0.39 is 0 Å². The highest BCUT2D eigenvalue weighted by atomic mass is 32.2. The number of amides is 1. The van der Waals surface area contributed by atoms with Crippen LogP contribution >= 0.6 is 11.8 Å². The predicted octanol–water partition coefficient (Wildman–Crippen LogP) is 3.92. The first-order chi connectivity index (χ1) is 13.5. The minimum atomic E-state index is -0.0912. The molecule has 1 aromatic carbocycles. The minimum absolute atomic E-state index is 0.0912. The summed E-state index contributed by atoms with van der Waals surface area (Å²) in [6.45, 7) is 5.38. The molecule has 3 N–H and O–H groups in total. The van der Waals surface area contributed by atoms with Crippen LogP contribution in [0.15, 0.2) is 52.5 Å². The van der Waals surface area contributed by atoms with Crippen LogP contribution in [0.2, 0.25) is 0 Å². The average Bonchev–Trinajstić information content (AvgIpc) is 3.21. The highest BCUT2D eigenvalue weighted by Gasteiger charge is 2.11. The first kappa shape index (κ1) is 18.1. The normalized spacial score (nSPS) is 11.0. The van der Waals surface area contributed by atoms with Crippen molar-refractivity contribution >= 4 is 40.8 Å². The van der Waals surface area contributed by atoms with Gasteiger partial charge >= 0.3 is 0 Å². The molecule has 0 bridgehead atoms. The van der Waals surface area contributed by atoms with E-state index in [2.05, 4.69) is 25.8 Å². The number of rotatable bonds is 5. The number of hydrogen-bond donors (Lipinski definition) is 3. The molecule has 4 aromatic rings. The molecule has 142 valence electrons. The van der Waals surface area contributed by atoms with E-state index in [1.54, 1.807) is 0 Å². The van der Waals surface area contributed by atoms with Crippen molar-refractivity contribution < 1.29 is 4.79 Å². The van der Waals surface area contributed by atoms with E-state index in [1.165, 1.54) is 18.7 Å². The lowest BCUT2D eigenvalue weighted by Gasteiger charge is -2.09. The molecule has 0 saturated heterocycles. The first-order valence-corrected chi connectivity index (χ1v) is 9.49. The fraction of sp³-hybridized carbons (Fsp3) is 0.158. The number of aromatic amines is 1. The molecule has 0 aliphatic heterocycles. The maximum Gasteiger partial charge on any atom is 0.221 e. The van der Waals surface area contributed by atoms with E-state index in [1.807, 2.05) is 60.8 Å². The Morgan fingerprint density at radius 1 is 1.14 bits per heavy atom. The molecular weight excluding hydrogens is 374 g/mol. The van der Waals surface area contributed by atoms with Crippen molar-refractivity contribution in [1.29, 1.82) is 0 Å². The van der Waals surface area contributed by atoms with Gasteiger partial charge in [0.15, 0.2) is 5.82 Å². The SMILES string of the molecule is CC(=O)Nc1ccc(Sc2cc3nc(C)cn3c(Nc3cc(C)[nH]n3)n2)cc1. The lowest BCUT2D eigenvalue weighted by molar-refractivity contribution is -0.114. The summed E-state index contributed by atoms with van der Waals surface area (Å²) in [7, 11) is 0. The van der Waals surface area contributed by atoms with Crippen molar-refractivity contribution in [2.75, 3.05) is 10.6 Å². The summed E-state index contributed by atoms with van der Waals surface area (Å²) in [5, 5.41) is 14.0. The highest BCUT2D eigenvalue weighted by molar-refractivity contribution is 7.99. The van der Waals surface area contributed by atoms with Crippen LogP contribution in [0.3, 0.4) is 0 Å². The van der Waals surface area contributed by atoms with E-state index >= 15 is 0 Å². The summed E-state index contributed by atoms with van der Waals surface area (Å²) < 4.78 is 1.91. The lowest BCUT2D eigenvalue weighted by Crippen LogP contribution is -2.05. The Balaban J connectivity index is 1.64. The number of carbonyl (C=O) groups is 1. The summed E-state index contributed by atoms with van der Waals surface area (Å²) >= 11 is 1.52. The van der Waals surface area contributed by atoms with Crippen molar-refractivity contribution in [3.8, 4) is 0 Å². The topological polar surface area (TPSA) is 100 Å². The molecule has 0 unspecified atom stereocenters. The summed E-state index contributed by atoms with van der Waals surface area (Å²) in [5.41, 5.74) is 3.44. The number of benzene rings is 1. The fourth-order valence-corrected chi connectivity index (χ4v) is 3.57. The van der Waals surface area contributed by atoms with Gasteiger partial charge in [0.2, 0.25) is 11.9 Å². The quantitative estimate of drug-likeness (QED) is 0.444. The molecule has 9 heteroatoms. The Hall–Kier alpha value is -3.33. The standard InChI is InChI=1S/C19H19N7OS/c1-11-8-16(25-24-11)22-19-23-18(9-17-20-12(2)10-26(17)19)28-15-6-4-14(5-7-15)21-13(3)27/h4-10H,1-3H3,(H,21,27)(H2,22,23,24,25). The van der Waals surface area contributed by atoms with Gasteiger partial charge in [-0.1, -0.05) is 11.8 Å². The molecule has 28 heavy (non-hydrogen) atoms. The van der Waals surface area contributed by atoms with Gasteiger partial charge < -0.3 is 10.6 Å². The Morgan fingerprint density at radius 2 is 1.93 bits per heavy atom. The van der Waals surface area contributed by atoms with Crippen LogP contribution < -0.4 is 10.6 Å². The molecule has 0 atom stereocenters. The van der Waals surface area contributed by atoms with Gasteiger partial charge in [-0.3, -0.25) is 14.3 Å². The second-order valence-electron chi connectivity index (χ2n) is 6.40. The molecule has 0 radical (unpaired) electrons. The minimum Gasteiger partial charge on any atom is -0.326 e. The van der Waals surface area contributed by atoms with Gasteiger partial charge in [-0.15, -0.1) is 0 Å². The van der Waals surface area contributed by atoms with Crippen LogP contribution in [-0.2, 0) is 4.79 Å². The van der Waals surface area contributed by atoms with Gasteiger partial charge in [0.1, 0.15) is 10.7 Å². The number of aromatic nitrogens is 5. The summed E-state index contributed by atoms with van der Waals surface area (Å²) in [4.78, 5) is 21.5. The van der Waals surface area contributed by atoms with E-state index in [9.17, 15) is 4.79 Å². The maximum atomic E-state index is 11.2. The van der Waals surface area contributed by atoms with Crippen molar-refractivity contribution in [2.24, 2.45) is 0 Å². The predicted molar refractivity (Wildman–Crippen MR) is 109 cm³/mol. The zero-order chi connectivity index (χ0) is 19.7. The lowest BCUT2D eigenvalue weighted by atomic mass is 10.3. The summed E-state index contributed by atoms with van der Waals surface area (Å²) in [6.07, 6.45) is 1.93. The third kappa shape index (κ3) is 3.99. The van der Waals surface area contributed by atoms with Crippen LogP contribution in [0.1, 0.15) is 18.3 Å². The van der Waals surface area contributed by atoms with Gasteiger partial charge in [-0.25, -0.2) is 9.97 Å². The van der Waals surface area contributed by atoms with Gasteiger partial charge in [0.25, 0.3) is 0 Å². The first-order valence-electron chi connectivity index (χ1n) is 8.67. The Morgan fingerprint density at radius 3 is 2.61 bits per heavy atom. The number of aryl methyl sites for hydroxylation is 2. The molecule has 3 aromatic heterocycles. The van der Waals surface area contributed by atoms with Crippen molar-refractivity contribution in [3.05, 3.63) is 54.0 Å². The molecule has 8 nitrogen and oxygen atoms in total. The number of H-pyrrole nitrogens is 1.